The maximum absolute atomic E-state index is 9.57. The molecule has 0 aromatic carbocycles. The van der Waals surface area contributed by atoms with Gasteiger partial charge < -0.3 is 25.0 Å². The fourth-order valence-electron chi connectivity index (χ4n) is 0.390. The molecular weight excluding hydrogens is 174 g/mol. The summed E-state index contributed by atoms with van der Waals surface area (Å²) in [5, 5.41) is 26.1. The molecule has 80 valence electrons. The highest BCUT2D eigenvalue weighted by Crippen LogP contribution is 1.83. The van der Waals surface area contributed by atoms with Crippen molar-refractivity contribution in [2.45, 2.75) is 19.4 Å². The summed E-state index contributed by atoms with van der Waals surface area (Å²) < 4.78 is 0. The van der Waals surface area contributed by atoms with E-state index in [2.05, 4.69) is 0 Å². The van der Waals surface area contributed by atoms with E-state index in [-0.39, 0.29) is 6.42 Å². The van der Waals surface area contributed by atoms with Crippen molar-refractivity contribution in [3.63, 3.8) is 0 Å². The molecule has 0 aliphatic carbocycles. The first-order valence-corrected chi connectivity index (χ1v) is 4.24. The standard InChI is InChI=1S/C4H11NO.C4H8O3/c1-5(2)3-4-6;1-2-3(5)4(6)7/h6H,3-4H2,1-2H3;3,5H,2H2,1H3,(H,6,7). The highest BCUT2D eigenvalue weighted by molar-refractivity contribution is 5.69. The lowest BCUT2D eigenvalue weighted by Gasteiger charge is -2.05. The van der Waals surface area contributed by atoms with Crippen molar-refractivity contribution in [3.05, 3.63) is 0 Å². The Morgan fingerprint density at radius 1 is 1.54 bits per heavy atom. The van der Waals surface area contributed by atoms with Crippen molar-refractivity contribution in [1.82, 2.24) is 0 Å². The molecule has 0 fully saturated rings. The van der Waals surface area contributed by atoms with E-state index in [0.29, 0.717) is 6.61 Å². The summed E-state index contributed by atoms with van der Waals surface area (Å²) in [5.41, 5.74) is 0. The van der Waals surface area contributed by atoms with Crippen molar-refractivity contribution in [2.75, 3.05) is 27.2 Å². The van der Waals surface area contributed by atoms with Gasteiger partial charge in [0.1, 0.15) is 6.54 Å². The van der Waals surface area contributed by atoms with Crippen LogP contribution in [0.1, 0.15) is 13.3 Å². The molecule has 0 aromatic heterocycles. The maximum atomic E-state index is 9.57. The monoisotopic (exact) mass is 193 g/mol. The van der Waals surface area contributed by atoms with E-state index in [4.69, 9.17) is 10.2 Å². The molecule has 0 aliphatic heterocycles. The first kappa shape index (κ1) is 14.9. The molecule has 13 heavy (non-hydrogen) atoms. The zero-order valence-corrected chi connectivity index (χ0v) is 8.41. The van der Waals surface area contributed by atoms with Crippen LogP contribution in [0.3, 0.4) is 0 Å². The minimum atomic E-state index is -1.40. The Bertz CT molecular complexity index is 127. The van der Waals surface area contributed by atoms with Crippen molar-refractivity contribution in [1.29, 1.82) is 0 Å². The smallest absolute Gasteiger partial charge is 0.100 e. The van der Waals surface area contributed by atoms with E-state index in [1.807, 2.05) is 14.1 Å². The second-order valence-corrected chi connectivity index (χ2v) is 2.92. The van der Waals surface area contributed by atoms with Gasteiger partial charge in [-0.2, -0.15) is 0 Å². The number of carbonyl (C=O) groups excluding carboxylic acids is 1. The van der Waals surface area contributed by atoms with Crippen LogP contribution in [0, 0.1) is 0 Å². The van der Waals surface area contributed by atoms with Crippen LogP contribution in [0.4, 0.5) is 0 Å². The van der Waals surface area contributed by atoms with Crippen molar-refractivity contribution < 1.29 is 25.0 Å². The molecule has 0 bridgehead atoms. The summed E-state index contributed by atoms with van der Waals surface area (Å²) in [6.45, 7) is 2.71. The van der Waals surface area contributed by atoms with Gasteiger partial charge in [0, 0.05) is 0 Å². The number of rotatable bonds is 4. The van der Waals surface area contributed by atoms with Crippen LogP contribution in [-0.4, -0.2) is 49.5 Å². The zero-order valence-electron chi connectivity index (χ0n) is 8.41. The molecule has 5 nitrogen and oxygen atoms in total. The quantitative estimate of drug-likeness (QED) is 0.435. The van der Waals surface area contributed by atoms with Gasteiger partial charge in [-0.15, -0.1) is 0 Å². The van der Waals surface area contributed by atoms with Crippen LogP contribution in [0.25, 0.3) is 0 Å². The maximum Gasteiger partial charge on any atom is 0.100 e. The van der Waals surface area contributed by atoms with Gasteiger partial charge in [0.05, 0.1) is 32.8 Å². The summed E-state index contributed by atoms with van der Waals surface area (Å²) in [6.07, 6.45) is -1.08. The summed E-state index contributed by atoms with van der Waals surface area (Å²) in [7, 11) is 4.02. The molecule has 0 spiro atoms. The van der Waals surface area contributed by atoms with Crippen LogP contribution < -0.4 is 10.0 Å². The average Bonchev–Trinajstić information content (AvgIpc) is 2.03. The molecule has 0 heterocycles. The molecule has 0 saturated carbocycles. The molecule has 0 aliphatic rings. The number of hydrogen-bond donors (Lipinski definition) is 3. The lowest BCUT2D eigenvalue weighted by Crippen LogP contribution is -3.06. The van der Waals surface area contributed by atoms with E-state index in [0.717, 1.165) is 6.54 Å². The van der Waals surface area contributed by atoms with Gasteiger partial charge in [-0.3, -0.25) is 0 Å². The summed E-state index contributed by atoms with van der Waals surface area (Å²) >= 11 is 0. The summed E-state index contributed by atoms with van der Waals surface area (Å²) in [4.78, 5) is 10.9. The molecule has 3 N–H and O–H groups in total. The second kappa shape index (κ2) is 9.44. The molecule has 0 aromatic rings. The SMILES string of the molecule is CCC(O)C(=O)[O-].C[NH+](C)CCO. The Balaban J connectivity index is 0. The summed E-state index contributed by atoms with van der Waals surface area (Å²) in [6, 6.07) is 0. The molecule has 0 radical (unpaired) electrons. The van der Waals surface area contributed by atoms with Gasteiger partial charge in [0.15, 0.2) is 0 Å². The van der Waals surface area contributed by atoms with Gasteiger partial charge in [0.25, 0.3) is 0 Å². The number of carboxylic acids is 1. The number of carbonyl (C=O) groups is 1. The molecule has 1 unspecified atom stereocenters. The number of nitrogens with one attached hydrogen (secondary N) is 1. The first-order valence-electron chi connectivity index (χ1n) is 4.24. The van der Waals surface area contributed by atoms with E-state index in [9.17, 15) is 9.90 Å². The lowest BCUT2D eigenvalue weighted by molar-refractivity contribution is -0.858. The Morgan fingerprint density at radius 3 is 2.00 bits per heavy atom. The first-order chi connectivity index (χ1) is 5.95. The van der Waals surface area contributed by atoms with Crippen LogP contribution >= 0.6 is 0 Å². The van der Waals surface area contributed by atoms with Gasteiger partial charge in [-0.1, -0.05) is 6.92 Å². The van der Waals surface area contributed by atoms with E-state index < -0.39 is 12.1 Å². The number of aliphatic hydroxyl groups is 2. The van der Waals surface area contributed by atoms with Crippen molar-refractivity contribution in [3.8, 4) is 0 Å². The average molecular weight is 193 g/mol. The van der Waals surface area contributed by atoms with Crippen LogP contribution in [-0.2, 0) is 4.79 Å². The third-order valence-electron chi connectivity index (χ3n) is 1.27. The molecule has 1 atom stereocenters. The van der Waals surface area contributed by atoms with Gasteiger partial charge >= 0.3 is 0 Å². The third kappa shape index (κ3) is 14.2. The van der Waals surface area contributed by atoms with Gasteiger partial charge in [-0.05, 0) is 6.42 Å². The zero-order chi connectivity index (χ0) is 10.9. The minimum absolute atomic E-state index is 0.211. The number of hydrogen-bond acceptors (Lipinski definition) is 4. The minimum Gasteiger partial charge on any atom is -0.547 e. The Labute approximate surface area is 78.6 Å². The Morgan fingerprint density at radius 2 is 2.00 bits per heavy atom. The number of likely N-dealkylation sites (N-methyl/N-ethyl adjacent to an activating group) is 1. The highest BCUT2D eigenvalue weighted by Gasteiger charge is 1.96. The Hall–Kier alpha value is -0.650. The highest BCUT2D eigenvalue weighted by atomic mass is 16.4. The number of aliphatic carboxylic acids is 1. The van der Waals surface area contributed by atoms with E-state index >= 15 is 0 Å². The predicted molar refractivity (Wildman–Crippen MR) is 46.1 cm³/mol. The number of quaternary nitrogens is 1. The predicted octanol–water partition coefficient (Wildman–Crippen LogP) is -3.37. The Kier molecular flexibility index (Phi) is 10.8. The molecule has 0 saturated heterocycles. The van der Waals surface area contributed by atoms with Crippen molar-refractivity contribution >= 4 is 5.97 Å². The van der Waals surface area contributed by atoms with Gasteiger partial charge in [-0.25, -0.2) is 0 Å². The van der Waals surface area contributed by atoms with Crippen LogP contribution in [0.2, 0.25) is 0 Å². The summed E-state index contributed by atoms with van der Waals surface area (Å²) in [5.74, 6) is -1.40. The van der Waals surface area contributed by atoms with E-state index in [1.165, 1.54) is 4.90 Å². The van der Waals surface area contributed by atoms with Gasteiger partial charge in [0.2, 0.25) is 0 Å². The number of aliphatic hydroxyl groups excluding tert-OH is 2. The van der Waals surface area contributed by atoms with Crippen molar-refractivity contribution in [2.24, 2.45) is 0 Å². The molecule has 0 rings (SSSR count). The molecule has 5 heteroatoms. The molecule has 0 amide bonds. The van der Waals surface area contributed by atoms with Crippen LogP contribution in [0.5, 0.6) is 0 Å². The topological polar surface area (TPSA) is 85.0 Å². The lowest BCUT2D eigenvalue weighted by atomic mass is 10.3. The second-order valence-electron chi connectivity index (χ2n) is 2.92. The molecular formula is C8H19NO4. The van der Waals surface area contributed by atoms with E-state index in [1.54, 1.807) is 6.92 Å². The largest absolute Gasteiger partial charge is 0.547 e. The fraction of sp³-hybridized carbons (Fsp3) is 0.875. The normalized spacial score (nSPS) is 11.8. The third-order valence-corrected chi connectivity index (χ3v) is 1.27. The fourth-order valence-corrected chi connectivity index (χ4v) is 0.390. The van der Waals surface area contributed by atoms with Crippen LogP contribution in [0.15, 0.2) is 0 Å². The number of carboxylic acid groups (broad SMARTS) is 1.